The number of furan rings is 1. The Labute approximate surface area is 91.3 Å². The molecule has 0 aromatic carbocycles. The Kier molecular flexibility index (Phi) is 3.15. The standard InChI is InChI=1S/C13H20O2/c1-2-13(7-3-4-8-13)12(14)10-11-6-5-9-15-11/h5-6,9,12,14H,2-4,7-8,10H2,1H3. The van der Waals surface area contributed by atoms with Crippen LogP contribution in [0.3, 0.4) is 0 Å². The summed E-state index contributed by atoms with van der Waals surface area (Å²) in [5.74, 6) is 0.905. The van der Waals surface area contributed by atoms with Gasteiger partial charge in [0.2, 0.25) is 0 Å². The summed E-state index contributed by atoms with van der Waals surface area (Å²) in [5, 5.41) is 10.3. The lowest BCUT2D eigenvalue weighted by atomic mass is 9.76. The number of hydrogen-bond acceptors (Lipinski definition) is 2. The molecule has 1 unspecified atom stereocenters. The van der Waals surface area contributed by atoms with Crippen LogP contribution in [0.25, 0.3) is 0 Å². The number of aliphatic hydroxyl groups is 1. The summed E-state index contributed by atoms with van der Waals surface area (Å²) in [6.45, 7) is 2.19. The van der Waals surface area contributed by atoms with Crippen molar-refractivity contribution < 1.29 is 9.52 Å². The summed E-state index contributed by atoms with van der Waals surface area (Å²) in [6, 6.07) is 3.83. The van der Waals surface area contributed by atoms with Crippen molar-refractivity contribution in [2.45, 2.75) is 51.6 Å². The monoisotopic (exact) mass is 208 g/mol. The van der Waals surface area contributed by atoms with E-state index in [-0.39, 0.29) is 11.5 Å². The zero-order chi connectivity index (χ0) is 10.7. The Hall–Kier alpha value is -0.760. The molecule has 1 aliphatic carbocycles. The van der Waals surface area contributed by atoms with E-state index in [4.69, 9.17) is 4.42 Å². The minimum absolute atomic E-state index is 0.160. The molecule has 1 atom stereocenters. The maximum Gasteiger partial charge on any atom is 0.106 e. The van der Waals surface area contributed by atoms with Gasteiger partial charge in [-0.1, -0.05) is 19.8 Å². The molecule has 84 valence electrons. The Balaban J connectivity index is 2.02. The molecule has 1 saturated carbocycles. The average Bonchev–Trinajstić information content (AvgIpc) is 2.87. The van der Waals surface area contributed by atoms with Gasteiger partial charge in [-0.15, -0.1) is 0 Å². The summed E-state index contributed by atoms with van der Waals surface area (Å²) in [5.41, 5.74) is 0.160. The third-order valence-corrected chi connectivity index (χ3v) is 3.98. The average molecular weight is 208 g/mol. The molecule has 1 aromatic heterocycles. The lowest BCUT2D eigenvalue weighted by Gasteiger charge is -2.32. The lowest BCUT2D eigenvalue weighted by Crippen LogP contribution is -2.33. The molecule has 0 saturated heterocycles. The van der Waals surface area contributed by atoms with Crippen LogP contribution in [0.4, 0.5) is 0 Å². The largest absolute Gasteiger partial charge is 0.469 e. The van der Waals surface area contributed by atoms with Crippen LogP contribution >= 0.6 is 0 Å². The molecule has 1 fully saturated rings. The zero-order valence-electron chi connectivity index (χ0n) is 9.41. The van der Waals surface area contributed by atoms with Crippen LogP contribution in [-0.2, 0) is 6.42 Å². The molecule has 1 aromatic rings. The van der Waals surface area contributed by atoms with Gasteiger partial charge in [0.25, 0.3) is 0 Å². The van der Waals surface area contributed by atoms with E-state index in [0.717, 1.165) is 12.2 Å². The van der Waals surface area contributed by atoms with Crippen molar-refractivity contribution in [3.8, 4) is 0 Å². The SMILES string of the molecule is CCC1(C(O)Cc2ccco2)CCCC1. The molecular weight excluding hydrogens is 188 g/mol. The van der Waals surface area contributed by atoms with Crippen molar-refractivity contribution in [3.63, 3.8) is 0 Å². The predicted molar refractivity (Wildman–Crippen MR) is 59.6 cm³/mol. The summed E-state index contributed by atoms with van der Waals surface area (Å²) in [4.78, 5) is 0. The van der Waals surface area contributed by atoms with Crippen LogP contribution in [0.2, 0.25) is 0 Å². The van der Waals surface area contributed by atoms with Gasteiger partial charge in [-0.05, 0) is 36.8 Å². The van der Waals surface area contributed by atoms with Crippen molar-refractivity contribution in [1.29, 1.82) is 0 Å². The molecule has 1 heterocycles. The fourth-order valence-electron chi connectivity index (χ4n) is 2.84. The highest BCUT2D eigenvalue weighted by Crippen LogP contribution is 2.44. The molecule has 1 aliphatic rings. The third-order valence-electron chi connectivity index (χ3n) is 3.98. The topological polar surface area (TPSA) is 33.4 Å². The van der Waals surface area contributed by atoms with E-state index in [1.165, 1.54) is 25.7 Å². The van der Waals surface area contributed by atoms with Gasteiger partial charge in [-0.3, -0.25) is 0 Å². The van der Waals surface area contributed by atoms with Gasteiger partial charge in [0, 0.05) is 6.42 Å². The van der Waals surface area contributed by atoms with E-state index in [2.05, 4.69) is 6.92 Å². The second-order valence-corrected chi connectivity index (χ2v) is 4.72. The van der Waals surface area contributed by atoms with Gasteiger partial charge in [-0.25, -0.2) is 0 Å². The predicted octanol–water partition coefficient (Wildman–Crippen LogP) is 3.15. The molecule has 15 heavy (non-hydrogen) atoms. The van der Waals surface area contributed by atoms with Crippen molar-refractivity contribution in [2.75, 3.05) is 0 Å². The Morgan fingerprint density at radius 1 is 1.47 bits per heavy atom. The van der Waals surface area contributed by atoms with Crippen molar-refractivity contribution in [1.82, 2.24) is 0 Å². The van der Waals surface area contributed by atoms with Gasteiger partial charge in [0.05, 0.1) is 12.4 Å². The van der Waals surface area contributed by atoms with E-state index in [1.807, 2.05) is 12.1 Å². The van der Waals surface area contributed by atoms with Crippen LogP contribution in [0, 0.1) is 5.41 Å². The molecule has 2 rings (SSSR count). The van der Waals surface area contributed by atoms with Crippen molar-refractivity contribution in [3.05, 3.63) is 24.2 Å². The first kappa shape index (κ1) is 10.7. The second kappa shape index (κ2) is 4.40. The molecule has 0 aliphatic heterocycles. The van der Waals surface area contributed by atoms with Crippen LogP contribution in [0.5, 0.6) is 0 Å². The van der Waals surface area contributed by atoms with E-state index in [9.17, 15) is 5.11 Å². The molecule has 0 amide bonds. The first-order valence-electron chi connectivity index (χ1n) is 5.97. The highest BCUT2D eigenvalue weighted by atomic mass is 16.3. The number of rotatable bonds is 4. The zero-order valence-corrected chi connectivity index (χ0v) is 9.41. The second-order valence-electron chi connectivity index (χ2n) is 4.72. The summed E-state index contributed by atoms with van der Waals surface area (Å²) < 4.78 is 5.29. The van der Waals surface area contributed by atoms with E-state index in [1.54, 1.807) is 6.26 Å². The molecule has 1 N–H and O–H groups in total. The van der Waals surface area contributed by atoms with E-state index in [0.29, 0.717) is 6.42 Å². The summed E-state index contributed by atoms with van der Waals surface area (Å²) in [6.07, 6.45) is 8.06. The maximum atomic E-state index is 10.3. The van der Waals surface area contributed by atoms with Gasteiger partial charge in [0.15, 0.2) is 0 Å². The van der Waals surface area contributed by atoms with E-state index >= 15 is 0 Å². The Morgan fingerprint density at radius 2 is 2.20 bits per heavy atom. The molecule has 2 heteroatoms. The molecule has 2 nitrogen and oxygen atoms in total. The normalized spacial score (nSPS) is 21.7. The minimum Gasteiger partial charge on any atom is -0.469 e. The van der Waals surface area contributed by atoms with Gasteiger partial charge < -0.3 is 9.52 Å². The fourth-order valence-corrected chi connectivity index (χ4v) is 2.84. The van der Waals surface area contributed by atoms with Gasteiger partial charge in [-0.2, -0.15) is 0 Å². The lowest BCUT2D eigenvalue weighted by molar-refractivity contribution is 0.0222. The fraction of sp³-hybridized carbons (Fsp3) is 0.692. The minimum atomic E-state index is -0.240. The van der Waals surface area contributed by atoms with Crippen molar-refractivity contribution in [2.24, 2.45) is 5.41 Å². The van der Waals surface area contributed by atoms with Crippen molar-refractivity contribution >= 4 is 0 Å². The van der Waals surface area contributed by atoms with Gasteiger partial charge in [0.1, 0.15) is 5.76 Å². The molecule has 0 spiro atoms. The van der Waals surface area contributed by atoms with Gasteiger partial charge >= 0.3 is 0 Å². The van der Waals surface area contributed by atoms with Crippen LogP contribution < -0.4 is 0 Å². The number of aliphatic hydroxyl groups excluding tert-OH is 1. The first-order chi connectivity index (χ1) is 7.27. The first-order valence-corrected chi connectivity index (χ1v) is 5.97. The van der Waals surface area contributed by atoms with E-state index < -0.39 is 0 Å². The summed E-state index contributed by atoms with van der Waals surface area (Å²) >= 11 is 0. The highest BCUT2D eigenvalue weighted by molar-refractivity contribution is 5.02. The van der Waals surface area contributed by atoms with Crippen LogP contribution in [0.15, 0.2) is 22.8 Å². The Bertz CT molecular complexity index is 283. The molecular formula is C13H20O2. The van der Waals surface area contributed by atoms with Crippen LogP contribution in [0.1, 0.15) is 44.8 Å². The Morgan fingerprint density at radius 3 is 2.73 bits per heavy atom. The number of hydrogen-bond donors (Lipinski definition) is 1. The van der Waals surface area contributed by atoms with Crippen LogP contribution in [-0.4, -0.2) is 11.2 Å². The quantitative estimate of drug-likeness (QED) is 0.824. The molecule has 0 bridgehead atoms. The third kappa shape index (κ3) is 2.10. The molecule has 0 radical (unpaired) electrons. The maximum absolute atomic E-state index is 10.3. The summed E-state index contributed by atoms with van der Waals surface area (Å²) in [7, 11) is 0. The highest BCUT2D eigenvalue weighted by Gasteiger charge is 2.38. The smallest absolute Gasteiger partial charge is 0.106 e.